The third-order valence-corrected chi connectivity index (χ3v) is 7.51. The summed E-state index contributed by atoms with van der Waals surface area (Å²) in [6, 6.07) is 9.69. The van der Waals surface area contributed by atoms with Gasteiger partial charge in [0.25, 0.3) is 0 Å². The van der Waals surface area contributed by atoms with Gasteiger partial charge in [-0.25, -0.2) is 24.0 Å². The van der Waals surface area contributed by atoms with E-state index in [1.54, 1.807) is 16.8 Å². The van der Waals surface area contributed by atoms with E-state index in [1.165, 1.54) is 25.6 Å². The van der Waals surface area contributed by atoms with Crippen LogP contribution in [0.15, 0.2) is 47.7 Å². The van der Waals surface area contributed by atoms with Crippen LogP contribution in [0.2, 0.25) is 5.02 Å². The second-order valence-electron chi connectivity index (χ2n) is 9.29. The van der Waals surface area contributed by atoms with E-state index in [9.17, 15) is 9.50 Å². The number of para-hydroxylation sites is 1. The first-order chi connectivity index (χ1) is 17.9. The van der Waals surface area contributed by atoms with Crippen molar-refractivity contribution < 1.29 is 14.2 Å². The number of nitrogens with zero attached hydrogens (tertiary/aromatic N) is 6. The first-order valence-corrected chi connectivity index (χ1v) is 12.4. The van der Waals surface area contributed by atoms with E-state index in [2.05, 4.69) is 9.97 Å². The number of aliphatic hydroxyl groups is 1. The molecule has 2 aliphatic rings. The molecular formula is C26H25ClFN7O2. The van der Waals surface area contributed by atoms with Crippen molar-refractivity contribution in [3.8, 4) is 17.0 Å². The van der Waals surface area contributed by atoms with Crippen LogP contribution >= 0.6 is 11.6 Å². The Labute approximate surface area is 217 Å². The minimum absolute atomic E-state index is 0.127. The molecule has 2 atom stereocenters. The molecule has 2 aromatic carbocycles. The van der Waals surface area contributed by atoms with Crippen LogP contribution in [-0.4, -0.2) is 48.7 Å². The molecule has 1 fully saturated rings. The number of benzene rings is 2. The zero-order valence-electron chi connectivity index (χ0n) is 20.3. The van der Waals surface area contributed by atoms with Crippen molar-refractivity contribution in [2.75, 3.05) is 12.8 Å². The maximum Gasteiger partial charge on any atom is 0.165 e. The fraction of sp³-hybridized carbons (Fsp3) is 0.308. The fourth-order valence-corrected chi connectivity index (χ4v) is 5.28. The number of nitrogens with two attached hydrogens (primary N) is 1. The largest absolute Gasteiger partial charge is 0.494 e. The van der Waals surface area contributed by atoms with E-state index >= 15 is 0 Å². The van der Waals surface area contributed by atoms with Gasteiger partial charge in [0.1, 0.15) is 29.7 Å². The molecule has 2 aromatic heterocycles. The molecule has 6 rings (SSSR count). The molecule has 0 saturated heterocycles. The average molecular weight is 522 g/mol. The normalized spacial score (nSPS) is 18.4. The highest BCUT2D eigenvalue weighted by molar-refractivity contribution is 6.33. The zero-order chi connectivity index (χ0) is 25.8. The fourth-order valence-electron chi connectivity index (χ4n) is 5.06. The van der Waals surface area contributed by atoms with E-state index in [0.29, 0.717) is 44.4 Å². The first kappa shape index (κ1) is 23.6. The molecule has 11 heteroatoms. The Morgan fingerprint density at radius 2 is 2.03 bits per heavy atom. The van der Waals surface area contributed by atoms with Crippen molar-refractivity contribution in [2.45, 2.75) is 44.5 Å². The Hall–Kier alpha value is -3.76. The lowest BCUT2D eigenvalue weighted by molar-refractivity contribution is -0.00136. The molecule has 3 heterocycles. The number of fused-ring (bicyclic) bond motifs is 2. The predicted molar refractivity (Wildman–Crippen MR) is 139 cm³/mol. The Bertz CT molecular complexity index is 1550. The monoisotopic (exact) mass is 521 g/mol. The summed E-state index contributed by atoms with van der Waals surface area (Å²) >= 11 is 6.50. The van der Waals surface area contributed by atoms with E-state index < -0.39 is 18.1 Å². The maximum absolute atomic E-state index is 14.6. The van der Waals surface area contributed by atoms with Gasteiger partial charge in [-0.3, -0.25) is 0 Å². The Morgan fingerprint density at radius 1 is 1.22 bits per heavy atom. The second kappa shape index (κ2) is 8.97. The van der Waals surface area contributed by atoms with Crippen LogP contribution in [0.1, 0.15) is 44.0 Å². The van der Waals surface area contributed by atoms with Gasteiger partial charge in [-0.15, -0.1) is 0 Å². The molecule has 1 saturated carbocycles. The standard InChI is InChI=1S/C26H25ClFN7O2/c1-13(24-32-22-16(7-4-8-17(22)27)26(36)34(24)15-5-3-6-15)35-25-20(23(29)30-12-31-25)21(33-35)14-9-10-19(37-2)18(28)11-14/h4,7-13,15,26,36H,3,5-6H2,1-2H3,(H2,29,30,31). The van der Waals surface area contributed by atoms with Gasteiger partial charge in [-0.05, 0) is 50.5 Å². The SMILES string of the molecule is COc1ccc(-c2nn(C(C)C3=Nc4c(Cl)cccc4C(O)N3C3CCC3)c3ncnc(N)c23)cc1F. The van der Waals surface area contributed by atoms with Gasteiger partial charge in [-0.1, -0.05) is 23.7 Å². The van der Waals surface area contributed by atoms with Gasteiger partial charge in [0, 0.05) is 17.2 Å². The van der Waals surface area contributed by atoms with Gasteiger partial charge < -0.3 is 20.5 Å². The smallest absolute Gasteiger partial charge is 0.165 e. The van der Waals surface area contributed by atoms with E-state index in [4.69, 9.17) is 32.2 Å². The number of hydrogen-bond acceptors (Lipinski definition) is 8. The summed E-state index contributed by atoms with van der Waals surface area (Å²) in [5.74, 6) is 0.451. The lowest BCUT2D eigenvalue weighted by atomic mass is 9.89. The predicted octanol–water partition coefficient (Wildman–Crippen LogP) is 5.03. The molecule has 1 aliphatic heterocycles. The molecule has 2 unspecified atom stereocenters. The molecule has 0 bridgehead atoms. The van der Waals surface area contributed by atoms with Crippen LogP contribution < -0.4 is 10.5 Å². The number of rotatable bonds is 5. The number of aliphatic hydroxyl groups excluding tert-OH is 1. The second-order valence-corrected chi connectivity index (χ2v) is 9.70. The molecule has 37 heavy (non-hydrogen) atoms. The average Bonchev–Trinajstić information content (AvgIpc) is 3.25. The van der Waals surface area contributed by atoms with Crippen molar-refractivity contribution in [3.63, 3.8) is 0 Å². The van der Waals surface area contributed by atoms with E-state index in [0.717, 1.165) is 19.3 Å². The summed E-state index contributed by atoms with van der Waals surface area (Å²) < 4.78 is 21.4. The van der Waals surface area contributed by atoms with Gasteiger partial charge in [0.2, 0.25) is 0 Å². The number of amidine groups is 1. The summed E-state index contributed by atoms with van der Waals surface area (Å²) in [7, 11) is 1.41. The number of anilines is 1. The zero-order valence-corrected chi connectivity index (χ0v) is 21.0. The highest BCUT2D eigenvalue weighted by Crippen LogP contribution is 2.44. The third-order valence-electron chi connectivity index (χ3n) is 7.20. The minimum atomic E-state index is -0.898. The third kappa shape index (κ3) is 3.70. The summed E-state index contributed by atoms with van der Waals surface area (Å²) in [4.78, 5) is 15.5. The van der Waals surface area contributed by atoms with Crippen molar-refractivity contribution in [2.24, 2.45) is 4.99 Å². The number of aromatic nitrogens is 4. The lowest BCUT2D eigenvalue weighted by Crippen LogP contribution is -2.50. The van der Waals surface area contributed by atoms with Crippen molar-refractivity contribution in [1.82, 2.24) is 24.6 Å². The summed E-state index contributed by atoms with van der Waals surface area (Å²) in [5.41, 5.74) is 8.89. The molecule has 0 spiro atoms. The van der Waals surface area contributed by atoms with Gasteiger partial charge in [-0.2, -0.15) is 5.10 Å². The Kier molecular flexibility index (Phi) is 5.73. The molecular weight excluding hydrogens is 497 g/mol. The molecule has 0 amide bonds. The van der Waals surface area contributed by atoms with Crippen molar-refractivity contribution >= 4 is 40.0 Å². The molecule has 9 nitrogen and oxygen atoms in total. The van der Waals surface area contributed by atoms with Crippen LogP contribution in [-0.2, 0) is 0 Å². The van der Waals surface area contributed by atoms with Crippen LogP contribution in [0.4, 0.5) is 15.9 Å². The van der Waals surface area contributed by atoms with Crippen LogP contribution in [0.3, 0.4) is 0 Å². The van der Waals surface area contributed by atoms with Crippen molar-refractivity contribution in [1.29, 1.82) is 0 Å². The Morgan fingerprint density at radius 3 is 2.73 bits per heavy atom. The molecule has 3 N–H and O–H groups in total. The molecule has 1 aliphatic carbocycles. The maximum atomic E-state index is 14.6. The van der Waals surface area contributed by atoms with E-state index in [-0.39, 0.29) is 17.6 Å². The van der Waals surface area contributed by atoms with Crippen LogP contribution in [0.5, 0.6) is 5.75 Å². The Balaban J connectivity index is 1.53. The molecule has 4 aromatic rings. The lowest BCUT2D eigenvalue weighted by Gasteiger charge is -2.46. The van der Waals surface area contributed by atoms with Crippen LogP contribution in [0.25, 0.3) is 22.3 Å². The number of ether oxygens (including phenoxy) is 1. The molecule has 190 valence electrons. The topological polar surface area (TPSA) is 115 Å². The highest BCUT2D eigenvalue weighted by atomic mass is 35.5. The first-order valence-electron chi connectivity index (χ1n) is 12.0. The van der Waals surface area contributed by atoms with Crippen molar-refractivity contribution in [3.05, 3.63) is 59.1 Å². The number of methoxy groups -OCH3 is 1. The number of hydrogen-bond donors (Lipinski definition) is 2. The van der Waals surface area contributed by atoms with Gasteiger partial charge in [0.05, 0.1) is 23.2 Å². The molecule has 0 radical (unpaired) electrons. The number of halogens is 2. The van der Waals surface area contributed by atoms with Gasteiger partial charge >= 0.3 is 0 Å². The summed E-state index contributed by atoms with van der Waals surface area (Å²) in [5, 5.41) is 17.2. The minimum Gasteiger partial charge on any atom is -0.494 e. The number of aliphatic imine (C=N–C) groups is 1. The van der Waals surface area contributed by atoms with Gasteiger partial charge in [0.15, 0.2) is 23.4 Å². The van der Waals surface area contributed by atoms with E-state index in [1.807, 2.05) is 24.0 Å². The van der Waals surface area contributed by atoms with Crippen LogP contribution in [0, 0.1) is 5.82 Å². The highest BCUT2D eigenvalue weighted by Gasteiger charge is 2.40. The summed E-state index contributed by atoms with van der Waals surface area (Å²) in [6.45, 7) is 1.93. The summed E-state index contributed by atoms with van der Waals surface area (Å²) in [6.07, 6.45) is 3.45. The number of nitrogen functional groups attached to an aromatic ring is 1. The quantitative estimate of drug-likeness (QED) is 0.378.